The lowest BCUT2D eigenvalue weighted by Gasteiger charge is -2.31. The van der Waals surface area contributed by atoms with E-state index in [-0.39, 0.29) is 11.8 Å². The molecule has 1 atom stereocenters. The van der Waals surface area contributed by atoms with Crippen LogP contribution in [0.2, 0.25) is 0 Å². The fourth-order valence-corrected chi connectivity index (χ4v) is 4.08. The average molecular weight is 406 g/mol. The second-order valence-electron chi connectivity index (χ2n) is 7.85. The van der Waals surface area contributed by atoms with Crippen LogP contribution in [-0.4, -0.2) is 49.9 Å². The van der Waals surface area contributed by atoms with Crippen molar-refractivity contribution in [3.8, 4) is 0 Å². The molecule has 1 aromatic carbocycles. The van der Waals surface area contributed by atoms with Gasteiger partial charge in [0.25, 0.3) is 5.91 Å². The molecule has 8 heteroatoms. The van der Waals surface area contributed by atoms with Gasteiger partial charge in [-0.2, -0.15) is 10.2 Å². The molecule has 1 N–H and O–H groups in total. The van der Waals surface area contributed by atoms with Gasteiger partial charge >= 0.3 is 0 Å². The molecule has 0 fully saturated rings. The van der Waals surface area contributed by atoms with Crippen molar-refractivity contribution in [3.63, 3.8) is 0 Å². The minimum absolute atomic E-state index is 0.0892. The number of aromatic nitrogens is 4. The standard InChI is InChI=1S/C22H26N6O2/c1-14-8-15(2)28(24-14)10-16-6-5-7-17(9-16)22(30)27-12-18-11-26(4)25-20(18)19(13-27)21(29)23-3/h5-9,11,19H,10,12-13H2,1-4H3,(H,23,29). The molecular weight excluding hydrogens is 380 g/mol. The van der Waals surface area contributed by atoms with Crippen molar-refractivity contribution in [2.24, 2.45) is 7.05 Å². The highest BCUT2D eigenvalue weighted by Crippen LogP contribution is 2.28. The molecule has 0 saturated carbocycles. The van der Waals surface area contributed by atoms with E-state index in [0.29, 0.717) is 25.2 Å². The quantitative estimate of drug-likeness (QED) is 0.716. The lowest BCUT2D eigenvalue weighted by atomic mass is 9.95. The number of likely N-dealkylation sites (N-methyl/N-ethyl adjacent to an activating group) is 1. The number of carbonyl (C=O) groups is 2. The molecule has 4 rings (SSSR count). The smallest absolute Gasteiger partial charge is 0.254 e. The lowest BCUT2D eigenvalue weighted by Crippen LogP contribution is -2.43. The summed E-state index contributed by atoms with van der Waals surface area (Å²) < 4.78 is 3.63. The molecule has 0 bridgehead atoms. The fourth-order valence-electron chi connectivity index (χ4n) is 4.08. The first kappa shape index (κ1) is 19.9. The van der Waals surface area contributed by atoms with Crippen LogP contribution in [0.3, 0.4) is 0 Å². The number of aryl methyl sites for hydroxylation is 3. The number of carbonyl (C=O) groups excluding carboxylic acids is 2. The minimum atomic E-state index is -0.471. The van der Waals surface area contributed by atoms with Crippen molar-refractivity contribution < 1.29 is 9.59 Å². The van der Waals surface area contributed by atoms with Gasteiger partial charge in [-0.1, -0.05) is 12.1 Å². The first-order valence-electron chi connectivity index (χ1n) is 9.99. The zero-order valence-electron chi connectivity index (χ0n) is 17.7. The van der Waals surface area contributed by atoms with Crippen LogP contribution in [0.4, 0.5) is 0 Å². The maximum Gasteiger partial charge on any atom is 0.254 e. The van der Waals surface area contributed by atoms with Crippen molar-refractivity contribution in [1.29, 1.82) is 0 Å². The van der Waals surface area contributed by atoms with Crippen molar-refractivity contribution in [2.45, 2.75) is 32.9 Å². The van der Waals surface area contributed by atoms with E-state index in [1.165, 1.54) is 0 Å². The fraction of sp³-hybridized carbons (Fsp3) is 0.364. The largest absolute Gasteiger partial charge is 0.359 e. The molecule has 0 aliphatic carbocycles. The summed E-state index contributed by atoms with van der Waals surface area (Å²) in [5.74, 6) is -0.693. The van der Waals surface area contributed by atoms with Crippen molar-refractivity contribution in [3.05, 3.63) is 70.3 Å². The van der Waals surface area contributed by atoms with Gasteiger partial charge in [0.05, 0.1) is 23.9 Å². The molecule has 0 spiro atoms. The molecule has 2 aromatic heterocycles. The zero-order chi connectivity index (χ0) is 21.4. The first-order valence-corrected chi connectivity index (χ1v) is 9.99. The lowest BCUT2D eigenvalue weighted by molar-refractivity contribution is -0.122. The van der Waals surface area contributed by atoms with E-state index in [0.717, 1.165) is 28.2 Å². The van der Waals surface area contributed by atoms with Gasteiger partial charge in [-0.05, 0) is 37.6 Å². The van der Waals surface area contributed by atoms with Gasteiger partial charge in [0, 0.05) is 50.2 Å². The number of nitrogens with one attached hydrogen (secondary N) is 1. The third kappa shape index (κ3) is 3.72. The number of nitrogens with zero attached hydrogens (tertiary/aromatic N) is 5. The van der Waals surface area contributed by atoms with Crippen LogP contribution in [0.5, 0.6) is 0 Å². The minimum Gasteiger partial charge on any atom is -0.359 e. The molecule has 30 heavy (non-hydrogen) atoms. The van der Waals surface area contributed by atoms with E-state index in [9.17, 15) is 9.59 Å². The third-order valence-electron chi connectivity index (χ3n) is 5.49. The number of rotatable bonds is 4. The topological polar surface area (TPSA) is 85.0 Å². The Morgan fingerprint density at radius 1 is 1.20 bits per heavy atom. The maximum atomic E-state index is 13.3. The SMILES string of the molecule is CNC(=O)C1CN(C(=O)c2cccc(Cn3nc(C)cc3C)c2)Cc2cn(C)nc21. The molecule has 1 aliphatic heterocycles. The summed E-state index contributed by atoms with van der Waals surface area (Å²) in [5, 5.41) is 11.6. The number of hydrogen-bond acceptors (Lipinski definition) is 4. The summed E-state index contributed by atoms with van der Waals surface area (Å²) in [6.45, 7) is 5.35. The van der Waals surface area contributed by atoms with Crippen molar-refractivity contribution in [2.75, 3.05) is 13.6 Å². The number of hydrogen-bond donors (Lipinski definition) is 1. The molecule has 2 amide bonds. The monoisotopic (exact) mass is 406 g/mol. The molecule has 156 valence electrons. The van der Waals surface area contributed by atoms with E-state index in [1.54, 1.807) is 16.6 Å². The van der Waals surface area contributed by atoms with Crippen LogP contribution >= 0.6 is 0 Å². The van der Waals surface area contributed by atoms with E-state index in [1.807, 2.05) is 62.1 Å². The summed E-state index contributed by atoms with van der Waals surface area (Å²) in [6.07, 6.45) is 1.88. The summed E-state index contributed by atoms with van der Waals surface area (Å²) in [5.41, 5.74) is 5.33. The first-order chi connectivity index (χ1) is 14.4. The van der Waals surface area contributed by atoms with Gasteiger partial charge in [0.15, 0.2) is 0 Å². The van der Waals surface area contributed by atoms with Crippen molar-refractivity contribution in [1.82, 2.24) is 29.8 Å². The second kappa shape index (κ2) is 7.78. The zero-order valence-corrected chi connectivity index (χ0v) is 17.7. The molecule has 0 saturated heterocycles. The Balaban J connectivity index is 1.58. The van der Waals surface area contributed by atoms with Crippen LogP contribution in [0.25, 0.3) is 0 Å². The Bertz CT molecular complexity index is 1110. The van der Waals surface area contributed by atoms with Gasteiger partial charge in [-0.3, -0.25) is 19.0 Å². The summed E-state index contributed by atoms with van der Waals surface area (Å²) in [4.78, 5) is 27.4. The van der Waals surface area contributed by atoms with E-state index in [4.69, 9.17) is 0 Å². The Labute approximate surface area is 175 Å². The Kier molecular flexibility index (Phi) is 5.15. The summed E-state index contributed by atoms with van der Waals surface area (Å²) in [6, 6.07) is 9.65. The highest BCUT2D eigenvalue weighted by atomic mass is 16.2. The highest BCUT2D eigenvalue weighted by Gasteiger charge is 2.35. The van der Waals surface area contributed by atoms with Crippen LogP contribution in [-0.2, 0) is 24.9 Å². The van der Waals surface area contributed by atoms with Crippen LogP contribution < -0.4 is 5.32 Å². The maximum absolute atomic E-state index is 13.3. The molecule has 8 nitrogen and oxygen atoms in total. The van der Waals surface area contributed by atoms with Gasteiger partial charge < -0.3 is 10.2 Å². The number of amides is 2. The Morgan fingerprint density at radius 3 is 2.70 bits per heavy atom. The van der Waals surface area contributed by atoms with Crippen LogP contribution in [0, 0.1) is 13.8 Å². The van der Waals surface area contributed by atoms with Crippen molar-refractivity contribution >= 4 is 11.8 Å². The molecule has 0 radical (unpaired) electrons. The summed E-state index contributed by atoms with van der Waals surface area (Å²) >= 11 is 0. The van der Waals surface area contributed by atoms with E-state index < -0.39 is 5.92 Å². The molecule has 3 heterocycles. The van der Waals surface area contributed by atoms with E-state index >= 15 is 0 Å². The number of benzene rings is 1. The van der Waals surface area contributed by atoms with Gasteiger partial charge in [-0.15, -0.1) is 0 Å². The Morgan fingerprint density at radius 2 is 2.00 bits per heavy atom. The van der Waals surface area contributed by atoms with E-state index in [2.05, 4.69) is 15.5 Å². The predicted molar refractivity (Wildman–Crippen MR) is 112 cm³/mol. The van der Waals surface area contributed by atoms with Crippen LogP contribution in [0.1, 0.15) is 44.5 Å². The highest BCUT2D eigenvalue weighted by molar-refractivity contribution is 5.95. The van der Waals surface area contributed by atoms with Crippen LogP contribution in [0.15, 0.2) is 36.5 Å². The molecule has 1 aliphatic rings. The predicted octanol–water partition coefficient (Wildman–Crippen LogP) is 1.77. The van der Waals surface area contributed by atoms with Gasteiger partial charge in [-0.25, -0.2) is 0 Å². The molecular formula is C22H26N6O2. The number of fused-ring (bicyclic) bond motifs is 1. The van der Waals surface area contributed by atoms with Gasteiger partial charge in [0.1, 0.15) is 0 Å². The molecule has 1 unspecified atom stereocenters. The molecule has 3 aromatic rings. The normalized spacial score (nSPS) is 15.7. The third-order valence-corrected chi connectivity index (χ3v) is 5.49. The average Bonchev–Trinajstić information content (AvgIpc) is 3.26. The van der Waals surface area contributed by atoms with Gasteiger partial charge in [0.2, 0.25) is 5.91 Å². The second-order valence-corrected chi connectivity index (χ2v) is 7.85. The summed E-state index contributed by atoms with van der Waals surface area (Å²) in [7, 11) is 3.43. The Hall–Kier alpha value is -3.42.